The van der Waals surface area contributed by atoms with Crippen LogP contribution in [0.1, 0.15) is 22.3 Å². The molecule has 0 aliphatic rings. The largest absolute Gasteiger partial charge is 0.350 e. The van der Waals surface area contributed by atoms with Crippen LogP contribution in [0.15, 0.2) is 115 Å². The van der Waals surface area contributed by atoms with Gasteiger partial charge in [0.25, 0.3) is 0 Å². The molecular formula is C31H29ClN2O2. The van der Waals surface area contributed by atoms with E-state index in [4.69, 9.17) is 11.6 Å². The van der Waals surface area contributed by atoms with E-state index in [0.717, 1.165) is 22.3 Å². The van der Waals surface area contributed by atoms with Crippen molar-refractivity contribution in [3.63, 3.8) is 0 Å². The van der Waals surface area contributed by atoms with Gasteiger partial charge in [0.15, 0.2) is 0 Å². The van der Waals surface area contributed by atoms with E-state index < -0.39 is 6.04 Å². The monoisotopic (exact) mass is 496 g/mol. The van der Waals surface area contributed by atoms with Crippen molar-refractivity contribution in [3.05, 3.63) is 143 Å². The summed E-state index contributed by atoms with van der Waals surface area (Å²) in [6, 6.07) is 35.9. The maximum Gasteiger partial charge on any atom is 0.243 e. The number of carbonyl (C=O) groups excluding carboxylic acids is 2. The van der Waals surface area contributed by atoms with E-state index >= 15 is 0 Å². The Labute approximate surface area is 217 Å². The average Bonchev–Trinajstić information content (AvgIpc) is 2.92. The molecule has 4 rings (SSSR count). The van der Waals surface area contributed by atoms with Crippen molar-refractivity contribution in [1.82, 2.24) is 10.2 Å². The van der Waals surface area contributed by atoms with Gasteiger partial charge in [-0.15, -0.1) is 0 Å². The van der Waals surface area contributed by atoms with Crippen molar-refractivity contribution in [2.45, 2.75) is 32.0 Å². The molecule has 0 saturated carbocycles. The van der Waals surface area contributed by atoms with Crippen LogP contribution in [-0.2, 0) is 35.5 Å². The molecule has 0 bridgehead atoms. The van der Waals surface area contributed by atoms with Gasteiger partial charge in [0.05, 0.1) is 6.42 Å². The van der Waals surface area contributed by atoms with Crippen molar-refractivity contribution in [3.8, 4) is 0 Å². The topological polar surface area (TPSA) is 49.4 Å². The van der Waals surface area contributed by atoms with E-state index in [9.17, 15) is 9.59 Å². The molecule has 4 aromatic carbocycles. The number of carbonyl (C=O) groups is 2. The predicted molar refractivity (Wildman–Crippen MR) is 144 cm³/mol. The molecule has 0 aliphatic carbocycles. The first-order valence-corrected chi connectivity index (χ1v) is 12.4. The molecule has 0 heterocycles. The molecule has 182 valence electrons. The van der Waals surface area contributed by atoms with Crippen LogP contribution in [0.2, 0.25) is 5.02 Å². The third-order valence-corrected chi connectivity index (χ3v) is 6.30. The second-order valence-electron chi connectivity index (χ2n) is 8.72. The van der Waals surface area contributed by atoms with Crippen molar-refractivity contribution in [2.24, 2.45) is 0 Å². The first-order chi connectivity index (χ1) is 17.6. The van der Waals surface area contributed by atoms with Crippen LogP contribution in [0.25, 0.3) is 0 Å². The lowest BCUT2D eigenvalue weighted by molar-refractivity contribution is -0.140. The number of nitrogens with one attached hydrogen (secondary N) is 1. The summed E-state index contributed by atoms with van der Waals surface area (Å²) in [4.78, 5) is 29.0. The average molecular weight is 497 g/mol. The van der Waals surface area contributed by atoms with E-state index in [-0.39, 0.29) is 18.2 Å². The molecule has 5 heteroatoms. The summed E-state index contributed by atoms with van der Waals surface area (Å²) in [5, 5.41) is 3.69. The number of hydrogen-bond donors (Lipinski definition) is 1. The maximum absolute atomic E-state index is 13.7. The SMILES string of the molecule is O=C(NCc1ccccc1)[C@H](Cc1ccccc1)N(Cc1ccc(Cl)cc1)C(=O)Cc1ccccc1. The molecule has 2 amide bonds. The second kappa shape index (κ2) is 12.7. The normalized spacial score (nSPS) is 11.5. The molecule has 1 N–H and O–H groups in total. The zero-order valence-corrected chi connectivity index (χ0v) is 20.8. The van der Waals surface area contributed by atoms with E-state index in [0.29, 0.717) is 24.5 Å². The molecule has 36 heavy (non-hydrogen) atoms. The zero-order chi connectivity index (χ0) is 25.2. The van der Waals surface area contributed by atoms with E-state index in [1.807, 2.05) is 103 Å². The highest BCUT2D eigenvalue weighted by Gasteiger charge is 2.30. The summed E-state index contributed by atoms with van der Waals surface area (Å²) in [7, 11) is 0. The van der Waals surface area contributed by atoms with Gasteiger partial charge in [0, 0.05) is 24.5 Å². The lowest BCUT2D eigenvalue weighted by atomic mass is 10.0. The smallest absolute Gasteiger partial charge is 0.243 e. The highest BCUT2D eigenvalue weighted by Crippen LogP contribution is 2.18. The highest BCUT2D eigenvalue weighted by molar-refractivity contribution is 6.30. The van der Waals surface area contributed by atoms with Crippen molar-refractivity contribution < 1.29 is 9.59 Å². The Morgan fingerprint density at radius 1 is 0.667 bits per heavy atom. The minimum Gasteiger partial charge on any atom is -0.350 e. The summed E-state index contributed by atoms with van der Waals surface area (Å²) in [5.74, 6) is -0.287. The van der Waals surface area contributed by atoms with E-state index in [1.54, 1.807) is 17.0 Å². The number of halogens is 1. The minimum atomic E-state index is -0.678. The zero-order valence-electron chi connectivity index (χ0n) is 20.0. The minimum absolute atomic E-state index is 0.105. The van der Waals surface area contributed by atoms with Gasteiger partial charge in [0.2, 0.25) is 11.8 Å². The van der Waals surface area contributed by atoms with Gasteiger partial charge in [-0.25, -0.2) is 0 Å². The first-order valence-electron chi connectivity index (χ1n) is 12.0. The molecule has 0 aromatic heterocycles. The molecular weight excluding hydrogens is 468 g/mol. The number of hydrogen-bond acceptors (Lipinski definition) is 2. The van der Waals surface area contributed by atoms with Gasteiger partial charge in [-0.1, -0.05) is 115 Å². The summed E-state index contributed by atoms with van der Waals surface area (Å²) < 4.78 is 0. The highest BCUT2D eigenvalue weighted by atomic mass is 35.5. The fourth-order valence-electron chi connectivity index (χ4n) is 4.12. The Bertz CT molecular complexity index is 1250. The van der Waals surface area contributed by atoms with Crippen LogP contribution < -0.4 is 5.32 Å². The molecule has 0 spiro atoms. The Kier molecular flexibility index (Phi) is 8.90. The number of amides is 2. The van der Waals surface area contributed by atoms with E-state index in [1.165, 1.54) is 0 Å². The molecule has 0 saturated heterocycles. The van der Waals surface area contributed by atoms with Crippen LogP contribution in [0, 0.1) is 0 Å². The fourth-order valence-corrected chi connectivity index (χ4v) is 4.24. The van der Waals surface area contributed by atoms with Crippen LogP contribution in [-0.4, -0.2) is 22.8 Å². The van der Waals surface area contributed by atoms with E-state index in [2.05, 4.69) is 5.32 Å². The van der Waals surface area contributed by atoms with Crippen LogP contribution >= 0.6 is 11.6 Å². The molecule has 4 aromatic rings. The Morgan fingerprint density at radius 3 is 1.78 bits per heavy atom. The summed E-state index contributed by atoms with van der Waals surface area (Å²) in [5.41, 5.74) is 3.82. The number of nitrogens with zero attached hydrogens (tertiary/aromatic N) is 1. The number of benzene rings is 4. The third-order valence-electron chi connectivity index (χ3n) is 6.05. The maximum atomic E-state index is 13.7. The van der Waals surface area contributed by atoms with Gasteiger partial charge < -0.3 is 10.2 Å². The van der Waals surface area contributed by atoms with Gasteiger partial charge in [-0.2, -0.15) is 0 Å². The standard InChI is InChI=1S/C31H29ClN2O2/c32-28-18-16-27(17-19-28)23-34(30(35)21-25-12-6-2-7-13-25)29(20-24-10-4-1-5-11-24)31(36)33-22-26-14-8-3-9-15-26/h1-19,29H,20-23H2,(H,33,36)/t29-/m0/s1. The molecule has 0 aliphatic heterocycles. The first kappa shape index (κ1) is 25.2. The summed E-state index contributed by atoms with van der Waals surface area (Å²) in [6.07, 6.45) is 0.626. The Morgan fingerprint density at radius 2 is 1.19 bits per heavy atom. The fraction of sp³-hybridized carbons (Fsp3) is 0.161. The third kappa shape index (κ3) is 7.30. The molecule has 1 atom stereocenters. The van der Waals surface area contributed by atoms with Crippen molar-refractivity contribution in [2.75, 3.05) is 0 Å². The summed E-state index contributed by atoms with van der Waals surface area (Å²) in [6.45, 7) is 0.700. The Balaban J connectivity index is 1.63. The van der Waals surface area contributed by atoms with Gasteiger partial charge in [-0.05, 0) is 34.4 Å². The molecule has 4 nitrogen and oxygen atoms in total. The summed E-state index contributed by atoms with van der Waals surface area (Å²) >= 11 is 6.09. The van der Waals surface area contributed by atoms with Gasteiger partial charge in [-0.3, -0.25) is 9.59 Å². The quantitative estimate of drug-likeness (QED) is 0.300. The van der Waals surface area contributed by atoms with Gasteiger partial charge in [0.1, 0.15) is 6.04 Å². The van der Waals surface area contributed by atoms with Crippen molar-refractivity contribution in [1.29, 1.82) is 0 Å². The Hall–Kier alpha value is -3.89. The molecule has 0 fully saturated rings. The molecule has 0 radical (unpaired) electrons. The lowest BCUT2D eigenvalue weighted by Gasteiger charge is -2.32. The molecule has 0 unspecified atom stereocenters. The van der Waals surface area contributed by atoms with Crippen LogP contribution in [0.5, 0.6) is 0 Å². The van der Waals surface area contributed by atoms with Crippen LogP contribution in [0.4, 0.5) is 0 Å². The van der Waals surface area contributed by atoms with Crippen LogP contribution in [0.3, 0.4) is 0 Å². The second-order valence-corrected chi connectivity index (χ2v) is 9.16. The lowest BCUT2D eigenvalue weighted by Crippen LogP contribution is -2.50. The van der Waals surface area contributed by atoms with Crippen molar-refractivity contribution >= 4 is 23.4 Å². The number of rotatable bonds is 10. The predicted octanol–water partition coefficient (Wildman–Crippen LogP) is 5.84. The van der Waals surface area contributed by atoms with Gasteiger partial charge >= 0.3 is 0 Å².